The zero-order valence-electron chi connectivity index (χ0n) is 13.8. The molecule has 5 nitrogen and oxygen atoms in total. The second kappa shape index (κ2) is 6.16. The third kappa shape index (κ3) is 3.15. The van der Waals surface area contributed by atoms with Gasteiger partial charge in [-0.15, -0.1) is 0 Å². The largest absolute Gasteiger partial charge is 0.345 e. The molecule has 1 aliphatic carbocycles. The van der Waals surface area contributed by atoms with E-state index < -0.39 is 0 Å². The Morgan fingerprint density at radius 2 is 1.91 bits per heavy atom. The van der Waals surface area contributed by atoms with Crippen molar-refractivity contribution in [2.45, 2.75) is 45.1 Å². The van der Waals surface area contributed by atoms with Gasteiger partial charge in [0.1, 0.15) is 0 Å². The maximum Gasteiger partial charge on any atom is 0.251 e. The summed E-state index contributed by atoms with van der Waals surface area (Å²) >= 11 is 0. The van der Waals surface area contributed by atoms with Crippen LogP contribution in [0.1, 0.15) is 47.4 Å². The van der Waals surface area contributed by atoms with E-state index >= 15 is 0 Å². The topological polar surface area (TPSA) is 72.9 Å². The van der Waals surface area contributed by atoms with Crippen LogP contribution >= 0.6 is 0 Å². The predicted octanol–water partition coefficient (Wildman–Crippen LogP) is 2.49. The van der Waals surface area contributed by atoms with Crippen molar-refractivity contribution in [1.29, 1.82) is 0 Å². The SMILES string of the molecule is Cc1cc(C)n(-c2ccc(C(=O)NC3(CN)CCCC3)cc2)n1. The molecule has 122 valence electrons. The highest BCUT2D eigenvalue weighted by atomic mass is 16.1. The molecule has 23 heavy (non-hydrogen) atoms. The summed E-state index contributed by atoms with van der Waals surface area (Å²) < 4.78 is 1.88. The average molecular weight is 312 g/mol. The van der Waals surface area contributed by atoms with Gasteiger partial charge < -0.3 is 11.1 Å². The number of aryl methyl sites for hydroxylation is 2. The summed E-state index contributed by atoms with van der Waals surface area (Å²) in [6, 6.07) is 9.59. The van der Waals surface area contributed by atoms with E-state index in [2.05, 4.69) is 10.4 Å². The van der Waals surface area contributed by atoms with Crippen molar-refractivity contribution in [3.63, 3.8) is 0 Å². The molecule has 0 atom stereocenters. The number of nitrogens with one attached hydrogen (secondary N) is 1. The minimum atomic E-state index is -0.217. The van der Waals surface area contributed by atoms with Gasteiger partial charge in [0.15, 0.2) is 0 Å². The molecular weight excluding hydrogens is 288 g/mol. The molecule has 3 N–H and O–H groups in total. The van der Waals surface area contributed by atoms with Gasteiger partial charge in [-0.2, -0.15) is 5.10 Å². The first-order valence-corrected chi connectivity index (χ1v) is 8.19. The molecule has 1 amide bonds. The second-order valence-corrected chi connectivity index (χ2v) is 6.53. The second-order valence-electron chi connectivity index (χ2n) is 6.53. The van der Waals surface area contributed by atoms with Gasteiger partial charge in [0.2, 0.25) is 0 Å². The Morgan fingerprint density at radius 1 is 1.26 bits per heavy atom. The zero-order chi connectivity index (χ0) is 16.4. The average Bonchev–Trinajstić information content (AvgIpc) is 3.14. The van der Waals surface area contributed by atoms with Crippen molar-refractivity contribution in [3.8, 4) is 5.69 Å². The van der Waals surface area contributed by atoms with Gasteiger partial charge in [0.25, 0.3) is 5.91 Å². The van der Waals surface area contributed by atoms with Crippen molar-refractivity contribution in [2.24, 2.45) is 5.73 Å². The van der Waals surface area contributed by atoms with E-state index in [1.807, 2.05) is 48.9 Å². The first-order valence-electron chi connectivity index (χ1n) is 8.19. The van der Waals surface area contributed by atoms with Crippen LogP contribution in [0.25, 0.3) is 5.69 Å². The van der Waals surface area contributed by atoms with Gasteiger partial charge in [-0.1, -0.05) is 12.8 Å². The molecule has 0 aliphatic heterocycles. The van der Waals surface area contributed by atoms with E-state index in [-0.39, 0.29) is 11.4 Å². The number of carbonyl (C=O) groups is 1. The molecule has 0 unspecified atom stereocenters. The summed E-state index contributed by atoms with van der Waals surface area (Å²) in [7, 11) is 0. The van der Waals surface area contributed by atoms with Crippen molar-refractivity contribution in [2.75, 3.05) is 6.54 Å². The Bertz CT molecular complexity index is 696. The van der Waals surface area contributed by atoms with E-state index in [1.165, 1.54) is 0 Å². The third-order valence-corrected chi connectivity index (χ3v) is 4.71. The fraction of sp³-hybridized carbons (Fsp3) is 0.444. The third-order valence-electron chi connectivity index (χ3n) is 4.71. The van der Waals surface area contributed by atoms with Crippen LogP contribution in [-0.2, 0) is 0 Å². The molecule has 0 radical (unpaired) electrons. The predicted molar refractivity (Wildman–Crippen MR) is 90.8 cm³/mol. The van der Waals surface area contributed by atoms with Gasteiger partial charge in [-0.05, 0) is 57.0 Å². The molecule has 5 heteroatoms. The molecule has 1 aliphatic rings. The lowest BCUT2D eigenvalue weighted by Crippen LogP contribution is -2.51. The number of benzene rings is 1. The van der Waals surface area contributed by atoms with Crippen molar-refractivity contribution in [3.05, 3.63) is 47.3 Å². The smallest absolute Gasteiger partial charge is 0.251 e. The molecule has 0 saturated heterocycles. The van der Waals surface area contributed by atoms with Crippen molar-refractivity contribution in [1.82, 2.24) is 15.1 Å². The Balaban J connectivity index is 1.76. The summed E-state index contributed by atoms with van der Waals surface area (Å²) in [5.74, 6) is -0.0442. The number of aromatic nitrogens is 2. The zero-order valence-corrected chi connectivity index (χ0v) is 13.8. The normalized spacial score (nSPS) is 16.5. The molecular formula is C18H24N4O. The summed E-state index contributed by atoms with van der Waals surface area (Å²) in [4.78, 5) is 12.5. The summed E-state index contributed by atoms with van der Waals surface area (Å²) in [6.07, 6.45) is 4.21. The first kappa shape index (κ1) is 15.7. The number of rotatable bonds is 4. The summed E-state index contributed by atoms with van der Waals surface area (Å²) in [6.45, 7) is 4.49. The van der Waals surface area contributed by atoms with Crippen molar-refractivity contribution < 1.29 is 4.79 Å². The van der Waals surface area contributed by atoms with Crippen LogP contribution in [0.2, 0.25) is 0 Å². The molecule has 0 spiro atoms. The highest BCUT2D eigenvalue weighted by molar-refractivity contribution is 5.94. The van der Waals surface area contributed by atoms with E-state index in [0.29, 0.717) is 12.1 Å². The molecule has 1 fully saturated rings. The van der Waals surface area contributed by atoms with Crippen LogP contribution in [0.4, 0.5) is 0 Å². The highest BCUT2D eigenvalue weighted by Crippen LogP contribution is 2.29. The fourth-order valence-electron chi connectivity index (χ4n) is 3.39. The molecule has 1 aromatic carbocycles. The van der Waals surface area contributed by atoms with E-state index in [9.17, 15) is 4.79 Å². The molecule has 1 saturated carbocycles. The van der Waals surface area contributed by atoms with Gasteiger partial charge in [-0.25, -0.2) is 4.68 Å². The van der Waals surface area contributed by atoms with Gasteiger partial charge >= 0.3 is 0 Å². The van der Waals surface area contributed by atoms with Gasteiger partial charge in [0, 0.05) is 17.8 Å². The Kier molecular flexibility index (Phi) is 4.22. The number of amides is 1. The number of hydrogen-bond acceptors (Lipinski definition) is 3. The number of nitrogens with two attached hydrogens (primary N) is 1. The van der Waals surface area contributed by atoms with Gasteiger partial charge in [0.05, 0.1) is 16.9 Å². The van der Waals surface area contributed by atoms with Crippen LogP contribution in [0.15, 0.2) is 30.3 Å². The fourth-order valence-corrected chi connectivity index (χ4v) is 3.39. The van der Waals surface area contributed by atoms with Crippen molar-refractivity contribution >= 4 is 5.91 Å². The number of hydrogen-bond donors (Lipinski definition) is 2. The molecule has 3 rings (SSSR count). The quantitative estimate of drug-likeness (QED) is 0.911. The monoisotopic (exact) mass is 312 g/mol. The molecule has 1 aromatic heterocycles. The van der Waals surface area contributed by atoms with Crippen LogP contribution in [0.5, 0.6) is 0 Å². The van der Waals surface area contributed by atoms with Crippen LogP contribution in [0.3, 0.4) is 0 Å². The lowest BCUT2D eigenvalue weighted by atomic mass is 9.97. The van der Waals surface area contributed by atoms with E-state index in [1.54, 1.807) is 0 Å². The van der Waals surface area contributed by atoms with E-state index in [0.717, 1.165) is 42.8 Å². The minimum absolute atomic E-state index is 0.0442. The molecule has 2 aromatic rings. The highest BCUT2D eigenvalue weighted by Gasteiger charge is 2.34. The number of carbonyl (C=O) groups excluding carboxylic acids is 1. The Labute approximate surface area is 136 Å². The Hall–Kier alpha value is -2.14. The lowest BCUT2D eigenvalue weighted by molar-refractivity contribution is 0.0903. The first-order chi connectivity index (χ1) is 11.0. The lowest BCUT2D eigenvalue weighted by Gasteiger charge is -2.28. The number of nitrogens with zero attached hydrogens (tertiary/aromatic N) is 2. The summed E-state index contributed by atoms with van der Waals surface area (Å²) in [5.41, 5.74) is 9.35. The van der Waals surface area contributed by atoms with Crippen LogP contribution in [-0.4, -0.2) is 27.8 Å². The minimum Gasteiger partial charge on any atom is -0.345 e. The van der Waals surface area contributed by atoms with Crippen LogP contribution in [0, 0.1) is 13.8 Å². The molecule has 1 heterocycles. The van der Waals surface area contributed by atoms with E-state index in [4.69, 9.17) is 5.73 Å². The maximum atomic E-state index is 12.5. The molecule has 0 bridgehead atoms. The van der Waals surface area contributed by atoms with Gasteiger partial charge in [-0.3, -0.25) is 4.79 Å². The Morgan fingerprint density at radius 3 is 2.43 bits per heavy atom. The standard InChI is InChI=1S/C18H24N4O/c1-13-11-14(2)22(21-13)16-7-5-15(6-8-16)17(23)20-18(12-19)9-3-4-10-18/h5-8,11H,3-4,9-10,12,19H2,1-2H3,(H,20,23). The summed E-state index contributed by atoms with van der Waals surface area (Å²) in [5, 5.41) is 7.61. The van der Waals surface area contributed by atoms with Crippen LogP contribution < -0.4 is 11.1 Å². The maximum absolute atomic E-state index is 12.5.